The molecule has 2 aromatic heterocycles. The summed E-state index contributed by atoms with van der Waals surface area (Å²) in [5, 5.41) is 3.16. The highest BCUT2D eigenvalue weighted by atomic mass is 16.5. The molecule has 1 N–H and O–H groups in total. The van der Waals surface area contributed by atoms with Gasteiger partial charge in [-0.1, -0.05) is 0 Å². The first kappa shape index (κ1) is 16.5. The smallest absolute Gasteiger partial charge is 0.227 e. The Balaban J connectivity index is 1.93. The molecule has 0 unspecified atom stereocenters. The number of methoxy groups -OCH3 is 3. The molecule has 0 spiro atoms. The standard InChI is InChI=1S/C18H18N4O3/c1-23-15-10-13(11-16(24-2)17(15)25-3)21-18-20-9-6-14(22-18)12-4-7-19-8-5-12/h4-11H,1-3H3,(H,20,21,22). The van der Waals surface area contributed by atoms with Crippen molar-refractivity contribution in [3.8, 4) is 28.5 Å². The summed E-state index contributed by atoms with van der Waals surface area (Å²) in [6.07, 6.45) is 5.15. The number of aromatic nitrogens is 3. The fourth-order valence-electron chi connectivity index (χ4n) is 2.38. The molecule has 0 saturated carbocycles. The Labute approximate surface area is 145 Å². The fourth-order valence-corrected chi connectivity index (χ4v) is 2.38. The molecule has 0 bridgehead atoms. The van der Waals surface area contributed by atoms with Gasteiger partial charge in [0.05, 0.1) is 27.0 Å². The zero-order valence-electron chi connectivity index (χ0n) is 14.2. The molecule has 25 heavy (non-hydrogen) atoms. The van der Waals surface area contributed by atoms with Gasteiger partial charge in [0.1, 0.15) is 0 Å². The Morgan fingerprint density at radius 2 is 1.52 bits per heavy atom. The molecular formula is C18H18N4O3. The SMILES string of the molecule is COc1cc(Nc2nccc(-c3ccncc3)n2)cc(OC)c1OC. The van der Waals surface area contributed by atoms with Crippen LogP contribution in [-0.4, -0.2) is 36.3 Å². The monoisotopic (exact) mass is 338 g/mol. The van der Waals surface area contributed by atoms with Crippen LogP contribution >= 0.6 is 0 Å². The third-order valence-electron chi connectivity index (χ3n) is 3.55. The van der Waals surface area contributed by atoms with E-state index in [0.29, 0.717) is 23.2 Å². The van der Waals surface area contributed by atoms with Crippen LogP contribution in [0.25, 0.3) is 11.3 Å². The van der Waals surface area contributed by atoms with Gasteiger partial charge in [0.2, 0.25) is 11.7 Å². The van der Waals surface area contributed by atoms with Crippen LogP contribution in [0.2, 0.25) is 0 Å². The van der Waals surface area contributed by atoms with E-state index >= 15 is 0 Å². The number of hydrogen-bond acceptors (Lipinski definition) is 7. The predicted octanol–water partition coefficient (Wildman–Crippen LogP) is 3.31. The molecule has 0 radical (unpaired) electrons. The van der Waals surface area contributed by atoms with Gasteiger partial charge in [0.25, 0.3) is 0 Å². The van der Waals surface area contributed by atoms with Crippen molar-refractivity contribution < 1.29 is 14.2 Å². The molecule has 0 amide bonds. The van der Waals surface area contributed by atoms with Crippen molar-refractivity contribution in [2.45, 2.75) is 0 Å². The lowest BCUT2D eigenvalue weighted by atomic mass is 10.2. The normalized spacial score (nSPS) is 10.2. The zero-order chi connectivity index (χ0) is 17.6. The van der Waals surface area contributed by atoms with E-state index < -0.39 is 0 Å². The summed E-state index contributed by atoms with van der Waals surface area (Å²) in [4.78, 5) is 12.8. The maximum atomic E-state index is 5.36. The van der Waals surface area contributed by atoms with E-state index in [1.54, 1.807) is 52.1 Å². The molecule has 1 aromatic carbocycles. The molecule has 7 heteroatoms. The van der Waals surface area contributed by atoms with Crippen LogP contribution in [0.5, 0.6) is 17.2 Å². The average molecular weight is 338 g/mol. The molecule has 2 heterocycles. The van der Waals surface area contributed by atoms with E-state index in [1.165, 1.54) is 0 Å². The second kappa shape index (κ2) is 7.48. The van der Waals surface area contributed by atoms with E-state index in [4.69, 9.17) is 14.2 Å². The summed E-state index contributed by atoms with van der Waals surface area (Å²) in [6.45, 7) is 0. The maximum Gasteiger partial charge on any atom is 0.227 e. The van der Waals surface area contributed by atoms with Crippen molar-refractivity contribution in [1.82, 2.24) is 15.0 Å². The minimum absolute atomic E-state index is 0.462. The van der Waals surface area contributed by atoms with Crippen molar-refractivity contribution in [3.63, 3.8) is 0 Å². The molecule has 0 aliphatic rings. The first-order valence-electron chi connectivity index (χ1n) is 7.55. The lowest BCUT2D eigenvalue weighted by Crippen LogP contribution is -2.00. The van der Waals surface area contributed by atoms with E-state index in [2.05, 4.69) is 20.3 Å². The Morgan fingerprint density at radius 1 is 0.840 bits per heavy atom. The van der Waals surface area contributed by atoms with Crippen LogP contribution in [0.4, 0.5) is 11.6 Å². The highest BCUT2D eigenvalue weighted by molar-refractivity contribution is 5.67. The zero-order valence-corrected chi connectivity index (χ0v) is 14.2. The third-order valence-corrected chi connectivity index (χ3v) is 3.55. The average Bonchev–Trinajstić information content (AvgIpc) is 2.68. The summed E-state index contributed by atoms with van der Waals surface area (Å²) >= 11 is 0. The number of nitrogens with zero attached hydrogens (tertiary/aromatic N) is 3. The van der Waals surface area contributed by atoms with Crippen molar-refractivity contribution in [3.05, 3.63) is 48.9 Å². The van der Waals surface area contributed by atoms with Gasteiger partial charge in [-0.2, -0.15) is 0 Å². The number of pyridine rings is 1. The highest BCUT2D eigenvalue weighted by Crippen LogP contribution is 2.40. The van der Waals surface area contributed by atoms with Gasteiger partial charge in [-0.15, -0.1) is 0 Å². The number of ether oxygens (including phenoxy) is 3. The Bertz CT molecular complexity index is 831. The molecule has 0 aliphatic carbocycles. The topological polar surface area (TPSA) is 78.4 Å². The van der Waals surface area contributed by atoms with Gasteiger partial charge in [0, 0.05) is 42.0 Å². The van der Waals surface area contributed by atoms with Crippen LogP contribution < -0.4 is 19.5 Å². The summed E-state index contributed by atoms with van der Waals surface area (Å²) in [7, 11) is 4.71. The molecule has 7 nitrogen and oxygen atoms in total. The minimum atomic E-state index is 0.462. The summed E-state index contributed by atoms with van der Waals surface area (Å²) in [5.74, 6) is 2.09. The van der Waals surface area contributed by atoms with E-state index in [9.17, 15) is 0 Å². The van der Waals surface area contributed by atoms with E-state index in [1.807, 2.05) is 18.2 Å². The second-order valence-corrected chi connectivity index (χ2v) is 5.04. The molecule has 0 atom stereocenters. The molecule has 0 aliphatic heterocycles. The van der Waals surface area contributed by atoms with Crippen LogP contribution in [0.3, 0.4) is 0 Å². The minimum Gasteiger partial charge on any atom is -0.493 e. The number of hydrogen-bond donors (Lipinski definition) is 1. The Kier molecular flexibility index (Phi) is 4.94. The number of nitrogens with one attached hydrogen (secondary N) is 1. The molecular weight excluding hydrogens is 320 g/mol. The molecule has 0 fully saturated rings. The largest absolute Gasteiger partial charge is 0.493 e. The van der Waals surface area contributed by atoms with Gasteiger partial charge in [-0.05, 0) is 18.2 Å². The number of benzene rings is 1. The van der Waals surface area contributed by atoms with Crippen molar-refractivity contribution in [1.29, 1.82) is 0 Å². The van der Waals surface area contributed by atoms with Crippen molar-refractivity contribution in [2.24, 2.45) is 0 Å². The molecule has 0 saturated heterocycles. The molecule has 3 rings (SSSR count). The van der Waals surface area contributed by atoms with Crippen LogP contribution in [0.15, 0.2) is 48.9 Å². The summed E-state index contributed by atoms with van der Waals surface area (Å²) in [5.41, 5.74) is 2.49. The lowest BCUT2D eigenvalue weighted by molar-refractivity contribution is 0.324. The van der Waals surface area contributed by atoms with Gasteiger partial charge in [-0.25, -0.2) is 9.97 Å². The number of rotatable bonds is 6. The lowest BCUT2D eigenvalue weighted by Gasteiger charge is -2.14. The highest BCUT2D eigenvalue weighted by Gasteiger charge is 2.14. The van der Waals surface area contributed by atoms with Gasteiger partial charge in [-0.3, -0.25) is 4.98 Å². The molecule has 128 valence electrons. The van der Waals surface area contributed by atoms with Crippen molar-refractivity contribution in [2.75, 3.05) is 26.6 Å². The van der Waals surface area contributed by atoms with Crippen LogP contribution in [0, 0.1) is 0 Å². The van der Waals surface area contributed by atoms with E-state index in [0.717, 1.165) is 16.9 Å². The Hall–Kier alpha value is -3.35. The second-order valence-electron chi connectivity index (χ2n) is 5.04. The van der Waals surface area contributed by atoms with Crippen molar-refractivity contribution >= 4 is 11.6 Å². The van der Waals surface area contributed by atoms with Crippen LogP contribution in [0.1, 0.15) is 0 Å². The van der Waals surface area contributed by atoms with Gasteiger partial charge < -0.3 is 19.5 Å². The van der Waals surface area contributed by atoms with Gasteiger partial charge in [0.15, 0.2) is 11.5 Å². The maximum absolute atomic E-state index is 5.36. The summed E-state index contributed by atoms with van der Waals surface area (Å²) in [6, 6.07) is 9.22. The van der Waals surface area contributed by atoms with E-state index in [-0.39, 0.29) is 0 Å². The predicted molar refractivity (Wildman–Crippen MR) is 94.6 cm³/mol. The quantitative estimate of drug-likeness (QED) is 0.738. The Morgan fingerprint density at radius 3 is 2.12 bits per heavy atom. The summed E-state index contributed by atoms with van der Waals surface area (Å²) < 4.78 is 16.0. The first-order valence-corrected chi connectivity index (χ1v) is 7.55. The fraction of sp³-hybridized carbons (Fsp3) is 0.167. The van der Waals surface area contributed by atoms with Crippen LogP contribution in [-0.2, 0) is 0 Å². The first-order chi connectivity index (χ1) is 12.2. The molecule has 3 aromatic rings. The third kappa shape index (κ3) is 3.60. The number of anilines is 2. The van der Waals surface area contributed by atoms with Gasteiger partial charge >= 0.3 is 0 Å².